The molecule has 5 rings (SSSR count). The predicted octanol–water partition coefficient (Wildman–Crippen LogP) is 7.45. The van der Waals surface area contributed by atoms with Crippen molar-refractivity contribution in [2.75, 3.05) is 19.6 Å². The first-order valence-electron chi connectivity index (χ1n) is 12.5. The summed E-state index contributed by atoms with van der Waals surface area (Å²) in [6.07, 6.45) is 0.987. The van der Waals surface area contributed by atoms with Crippen molar-refractivity contribution in [2.24, 2.45) is 0 Å². The van der Waals surface area contributed by atoms with Crippen LogP contribution in [0.4, 0.5) is 0 Å². The number of rotatable bonds is 7. The molecule has 0 radical (unpaired) electrons. The number of carbonyl (C=O) groups excluding carboxylic acids is 1. The summed E-state index contributed by atoms with van der Waals surface area (Å²) in [5, 5.41) is 0.595. The summed E-state index contributed by atoms with van der Waals surface area (Å²) in [5.74, 6) is 0.0439. The number of hydrogen-bond acceptors (Lipinski definition) is 4. The lowest BCUT2D eigenvalue weighted by atomic mass is 10.0. The van der Waals surface area contributed by atoms with Crippen LogP contribution in [-0.2, 0) is 9.84 Å². The van der Waals surface area contributed by atoms with E-state index in [0.717, 1.165) is 22.3 Å². The number of carbonyl (C=O) groups is 1. The highest BCUT2D eigenvalue weighted by molar-refractivity contribution is 7.92. The van der Waals surface area contributed by atoms with Crippen LogP contribution in [0.25, 0.3) is 22.3 Å². The molecule has 0 atom stereocenters. The largest absolute Gasteiger partial charge is 0.296 e. The molecule has 0 bridgehead atoms. The summed E-state index contributed by atoms with van der Waals surface area (Å²) in [4.78, 5) is 15.2. The van der Waals surface area contributed by atoms with Crippen molar-refractivity contribution in [3.05, 3.63) is 113 Å². The summed E-state index contributed by atoms with van der Waals surface area (Å²) in [5.41, 5.74) is 4.47. The maximum Gasteiger partial charge on any atom is 0.181 e. The molecule has 0 aromatic heterocycles. The topological polar surface area (TPSA) is 54.5 Å². The molecule has 38 heavy (non-hydrogen) atoms. The van der Waals surface area contributed by atoms with E-state index in [1.165, 1.54) is 0 Å². The van der Waals surface area contributed by atoms with E-state index in [9.17, 15) is 13.2 Å². The van der Waals surface area contributed by atoms with E-state index < -0.39 is 15.1 Å². The fourth-order valence-electron chi connectivity index (χ4n) is 4.89. The Morgan fingerprint density at radius 1 is 0.763 bits per heavy atom. The summed E-state index contributed by atoms with van der Waals surface area (Å²) in [6.45, 7) is 1.42. The van der Waals surface area contributed by atoms with Gasteiger partial charge in [-0.15, -0.1) is 0 Å². The van der Waals surface area contributed by atoms with Gasteiger partial charge in [0.25, 0.3) is 0 Å². The molecule has 0 amide bonds. The monoisotopic (exact) mass is 563 g/mol. The first-order valence-corrected chi connectivity index (χ1v) is 14.8. The van der Waals surface area contributed by atoms with Crippen LogP contribution < -0.4 is 0 Å². The van der Waals surface area contributed by atoms with Crippen molar-refractivity contribution in [3.63, 3.8) is 0 Å². The van der Waals surface area contributed by atoms with Gasteiger partial charge in [-0.3, -0.25) is 9.69 Å². The second-order valence-corrected chi connectivity index (χ2v) is 12.6. The van der Waals surface area contributed by atoms with Gasteiger partial charge in [0.2, 0.25) is 0 Å². The van der Waals surface area contributed by atoms with Gasteiger partial charge in [-0.2, -0.15) is 0 Å². The second kappa shape index (κ2) is 11.4. The highest BCUT2D eigenvalue weighted by atomic mass is 35.5. The van der Waals surface area contributed by atoms with E-state index in [4.69, 9.17) is 23.2 Å². The van der Waals surface area contributed by atoms with Gasteiger partial charge in [-0.05, 0) is 66.9 Å². The van der Waals surface area contributed by atoms with E-state index >= 15 is 0 Å². The Bertz CT molecular complexity index is 1530. The van der Waals surface area contributed by atoms with Crippen LogP contribution in [0, 0.1) is 0 Å². The SMILES string of the molecule is O=C(CN1CCC(S(=O)(=O)c2ccc(-c3ccc(Cl)cc3Cl)cc2)CC1)c1ccc(-c2ccccc2)cc1. The molecule has 0 spiro atoms. The molecule has 0 aliphatic carbocycles. The summed E-state index contributed by atoms with van der Waals surface area (Å²) in [7, 11) is -3.48. The number of nitrogens with zero attached hydrogens (tertiary/aromatic N) is 1. The molecule has 0 unspecified atom stereocenters. The maximum absolute atomic E-state index is 13.3. The van der Waals surface area contributed by atoms with Gasteiger partial charge < -0.3 is 0 Å². The first kappa shape index (κ1) is 26.6. The fourth-order valence-corrected chi connectivity index (χ4v) is 7.14. The smallest absolute Gasteiger partial charge is 0.181 e. The Balaban J connectivity index is 1.18. The van der Waals surface area contributed by atoms with Gasteiger partial charge in [-0.1, -0.05) is 96.0 Å². The van der Waals surface area contributed by atoms with E-state index in [1.54, 1.807) is 36.4 Å². The number of Topliss-reactive ketones (excluding diaryl/α,β-unsaturated/α-hetero) is 1. The third-order valence-electron chi connectivity index (χ3n) is 7.08. The number of sulfone groups is 1. The number of likely N-dealkylation sites (tertiary alicyclic amines) is 1. The van der Waals surface area contributed by atoms with E-state index in [0.29, 0.717) is 46.4 Å². The molecule has 7 heteroatoms. The van der Waals surface area contributed by atoms with Crippen molar-refractivity contribution in [3.8, 4) is 22.3 Å². The summed E-state index contributed by atoms with van der Waals surface area (Å²) < 4.78 is 26.6. The first-order chi connectivity index (χ1) is 18.3. The molecule has 1 heterocycles. The third-order valence-corrected chi connectivity index (χ3v) is 9.91. The Hall–Kier alpha value is -2.96. The van der Waals surface area contributed by atoms with Crippen LogP contribution in [0.3, 0.4) is 0 Å². The molecular formula is C31H27Cl2NO3S. The molecule has 0 saturated carbocycles. The van der Waals surface area contributed by atoms with Gasteiger partial charge in [0, 0.05) is 21.2 Å². The van der Waals surface area contributed by atoms with Gasteiger partial charge in [0.1, 0.15) is 0 Å². The zero-order valence-electron chi connectivity index (χ0n) is 20.7. The zero-order valence-corrected chi connectivity index (χ0v) is 23.0. The molecule has 4 aromatic rings. The minimum absolute atomic E-state index is 0.0439. The lowest BCUT2D eigenvalue weighted by molar-refractivity contribution is 0.0916. The van der Waals surface area contributed by atoms with Gasteiger partial charge in [0.15, 0.2) is 15.6 Å². The Morgan fingerprint density at radius 3 is 2.00 bits per heavy atom. The predicted molar refractivity (Wildman–Crippen MR) is 155 cm³/mol. The van der Waals surface area contributed by atoms with Crippen LogP contribution in [-0.4, -0.2) is 44.0 Å². The number of benzene rings is 4. The Kier molecular flexibility index (Phi) is 8.01. The van der Waals surface area contributed by atoms with Crippen molar-refractivity contribution in [1.82, 2.24) is 4.90 Å². The fraction of sp³-hybridized carbons (Fsp3) is 0.194. The number of ketones is 1. The van der Waals surface area contributed by atoms with Crippen molar-refractivity contribution in [2.45, 2.75) is 23.0 Å². The van der Waals surface area contributed by atoms with Crippen molar-refractivity contribution >= 4 is 38.8 Å². The number of piperidine rings is 1. The number of halogens is 2. The van der Waals surface area contributed by atoms with Gasteiger partial charge in [-0.25, -0.2) is 8.42 Å². The van der Waals surface area contributed by atoms with Gasteiger partial charge >= 0.3 is 0 Å². The quantitative estimate of drug-likeness (QED) is 0.219. The Labute approximate surface area is 233 Å². The second-order valence-electron chi connectivity index (χ2n) is 9.54. The molecule has 194 valence electrons. The average Bonchev–Trinajstić information content (AvgIpc) is 2.94. The van der Waals surface area contributed by atoms with E-state index in [-0.39, 0.29) is 12.3 Å². The summed E-state index contributed by atoms with van der Waals surface area (Å²) in [6, 6.07) is 29.8. The summed E-state index contributed by atoms with van der Waals surface area (Å²) >= 11 is 12.3. The van der Waals surface area contributed by atoms with Crippen LogP contribution in [0.2, 0.25) is 10.0 Å². The maximum atomic E-state index is 13.3. The van der Waals surface area contributed by atoms with Crippen LogP contribution >= 0.6 is 23.2 Å². The molecule has 1 aliphatic heterocycles. The molecule has 0 N–H and O–H groups in total. The zero-order chi connectivity index (χ0) is 26.7. The molecule has 1 saturated heterocycles. The molecule has 1 fully saturated rings. The van der Waals surface area contributed by atoms with Crippen molar-refractivity contribution in [1.29, 1.82) is 0 Å². The molecule has 1 aliphatic rings. The third kappa shape index (κ3) is 5.87. The van der Waals surface area contributed by atoms with Crippen LogP contribution in [0.15, 0.2) is 102 Å². The minimum Gasteiger partial charge on any atom is -0.296 e. The standard InChI is InChI=1S/C31H27Cl2NO3S/c32-26-12-15-29(30(33)20-26)24-10-13-27(14-11-24)38(36,37)28-16-18-34(19-17-28)21-31(35)25-8-6-23(7-9-25)22-4-2-1-3-5-22/h1-15,20,28H,16-19,21H2. The molecule has 4 nitrogen and oxygen atoms in total. The normalized spacial score (nSPS) is 14.9. The molecule has 4 aromatic carbocycles. The van der Waals surface area contributed by atoms with Crippen LogP contribution in [0.1, 0.15) is 23.2 Å². The van der Waals surface area contributed by atoms with Gasteiger partial charge in [0.05, 0.1) is 16.7 Å². The highest BCUT2D eigenvalue weighted by Crippen LogP contribution is 2.32. The number of hydrogen-bond donors (Lipinski definition) is 0. The Morgan fingerprint density at radius 2 is 1.37 bits per heavy atom. The van der Waals surface area contributed by atoms with E-state index in [1.807, 2.05) is 65.6 Å². The average molecular weight is 565 g/mol. The minimum atomic E-state index is -3.48. The lowest BCUT2D eigenvalue weighted by Gasteiger charge is -2.31. The lowest BCUT2D eigenvalue weighted by Crippen LogP contribution is -2.41. The molecular weight excluding hydrogens is 537 g/mol. The van der Waals surface area contributed by atoms with Crippen molar-refractivity contribution < 1.29 is 13.2 Å². The highest BCUT2D eigenvalue weighted by Gasteiger charge is 2.32. The van der Waals surface area contributed by atoms with Crippen LogP contribution in [0.5, 0.6) is 0 Å². The van der Waals surface area contributed by atoms with E-state index in [2.05, 4.69) is 0 Å².